The Morgan fingerprint density at radius 2 is 1.75 bits per heavy atom. The molecule has 2 aliphatic rings. The normalized spacial score (nSPS) is 15.9. The Morgan fingerprint density at radius 3 is 2.50 bits per heavy atom. The number of aryl methyl sites for hydroxylation is 3. The number of carbonyl (C=O) groups is 1. The molecule has 0 atom stereocenters. The summed E-state index contributed by atoms with van der Waals surface area (Å²) in [7, 11) is -3.92. The average molecular weight is 342 g/mol. The summed E-state index contributed by atoms with van der Waals surface area (Å²) in [5, 5.41) is 0. The fourth-order valence-electron chi connectivity index (χ4n) is 3.32. The predicted molar refractivity (Wildman–Crippen MR) is 92.3 cm³/mol. The summed E-state index contributed by atoms with van der Waals surface area (Å²) in [5.41, 5.74) is 4.40. The van der Waals surface area contributed by atoms with E-state index < -0.39 is 16.1 Å². The summed E-state index contributed by atoms with van der Waals surface area (Å²) in [4.78, 5) is 12.4. The van der Waals surface area contributed by atoms with Gasteiger partial charge in [0.25, 0.3) is 5.91 Å². The Hall–Kier alpha value is -2.34. The van der Waals surface area contributed by atoms with E-state index >= 15 is 0 Å². The highest BCUT2D eigenvalue weighted by atomic mass is 32.2. The van der Waals surface area contributed by atoms with Crippen LogP contribution in [0, 0.1) is 0 Å². The molecule has 0 aromatic heterocycles. The summed E-state index contributed by atoms with van der Waals surface area (Å²) in [6, 6.07) is 12.8. The Bertz CT molecular complexity index is 922. The largest absolute Gasteiger partial charge is 0.326 e. The van der Waals surface area contributed by atoms with E-state index in [9.17, 15) is 13.2 Å². The van der Waals surface area contributed by atoms with Crippen LogP contribution in [0.3, 0.4) is 0 Å². The zero-order valence-corrected chi connectivity index (χ0v) is 14.0. The van der Waals surface area contributed by atoms with E-state index in [1.807, 2.05) is 24.3 Å². The fraction of sp³-hybridized carbons (Fsp3) is 0.278. The average Bonchev–Trinajstić information content (AvgIpc) is 2.55. The Balaban J connectivity index is 1.59. The molecule has 0 spiro atoms. The molecule has 0 fully saturated rings. The van der Waals surface area contributed by atoms with Crippen LogP contribution in [0.15, 0.2) is 42.5 Å². The summed E-state index contributed by atoms with van der Waals surface area (Å²) in [6.07, 6.45) is 3.56. The van der Waals surface area contributed by atoms with Crippen molar-refractivity contribution in [1.82, 2.24) is 4.72 Å². The molecule has 6 heteroatoms. The number of hydrogen-bond donors (Lipinski definition) is 1. The number of fused-ring (bicyclic) bond motifs is 2. The number of nitrogens with one attached hydrogen (secondary N) is 1. The van der Waals surface area contributed by atoms with Crippen molar-refractivity contribution in [3.05, 3.63) is 64.7 Å². The SMILES string of the molecule is O=C(NS(=O)(=O)N1CCCc2ccccc21)c1ccc2c(c1)CC2. The molecule has 1 amide bonds. The number of nitrogens with zero attached hydrogens (tertiary/aromatic N) is 1. The first-order chi connectivity index (χ1) is 11.5. The lowest BCUT2D eigenvalue weighted by molar-refractivity contribution is 0.0981. The van der Waals surface area contributed by atoms with Crippen molar-refractivity contribution in [3.63, 3.8) is 0 Å². The second kappa shape index (κ2) is 5.63. The molecule has 0 bridgehead atoms. The topological polar surface area (TPSA) is 66.5 Å². The van der Waals surface area contributed by atoms with Crippen molar-refractivity contribution >= 4 is 21.8 Å². The maximum atomic E-state index is 12.7. The van der Waals surface area contributed by atoms with Crippen molar-refractivity contribution in [3.8, 4) is 0 Å². The molecule has 1 N–H and O–H groups in total. The molecule has 0 saturated heterocycles. The van der Waals surface area contributed by atoms with E-state index in [0.29, 0.717) is 17.8 Å². The van der Waals surface area contributed by atoms with Gasteiger partial charge in [-0.05, 0) is 60.6 Å². The maximum Gasteiger partial charge on any atom is 0.326 e. The van der Waals surface area contributed by atoms with Crippen LogP contribution >= 0.6 is 0 Å². The van der Waals surface area contributed by atoms with Gasteiger partial charge < -0.3 is 0 Å². The van der Waals surface area contributed by atoms with E-state index in [-0.39, 0.29) is 0 Å². The molecule has 0 radical (unpaired) electrons. The van der Waals surface area contributed by atoms with Gasteiger partial charge in [0, 0.05) is 12.1 Å². The second-order valence-corrected chi connectivity index (χ2v) is 7.82. The van der Waals surface area contributed by atoms with E-state index in [4.69, 9.17) is 0 Å². The minimum absolute atomic E-state index is 0.379. The molecular formula is C18H18N2O3S. The number of amides is 1. The highest BCUT2D eigenvalue weighted by molar-refractivity contribution is 7.91. The van der Waals surface area contributed by atoms with Gasteiger partial charge in [-0.3, -0.25) is 9.10 Å². The van der Waals surface area contributed by atoms with Gasteiger partial charge in [0.05, 0.1) is 5.69 Å². The van der Waals surface area contributed by atoms with Crippen LogP contribution in [-0.2, 0) is 29.5 Å². The quantitative estimate of drug-likeness (QED) is 0.930. The van der Waals surface area contributed by atoms with Crippen molar-refractivity contribution in [2.24, 2.45) is 0 Å². The van der Waals surface area contributed by atoms with Gasteiger partial charge in [0.2, 0.25) is 0 Å². The molecule has 5 nitrogen and oxygen atoms in total. The summed E-state index contributed by atoms with van der Waals surface area (Å²) >= 11 is 0. The maximum absolute atomic E-state index is 12.7. The molecule has 0 unspecified atom stereocenters. The van der Waals surface area contributed by atoms with Gasteiger partial charge in [-0.25, -0.2) is 4.72 Å². The zero-order chi connectivity index (χ0) is 16.7. The van der Waals surface area contributed by atoms with Crippen molar-refractivity contribution in [2.45, 2.75) is 25.7 Å². The van der Waals surface area contributed by atoms with Crippen molar-refractivity contribution in [2.75, 3.05) is 10.8 Å². The number of benzene rings is 2. The lowest BCUT2D eigenvalue weighted by Gasteiger charge is -2.30. The third-order valence-electron chi connectivity index (χ3n) is 4.71. The van der Waals surface area contributed by atoms with Crippen LogP contribution in [0.1, 0.15) is 33.5 Å². The van der Waals surface area contributed by atoms with E-state index in [2.05, 4.69) is 4.72 Å². The van der Waals surface area contributed by atoms with E-state index in [1.54, 1.807) is 18.2 Å². The summed E-state index contributed by atoms with van der Waals surface area (Å²) in [6.45, 7) is 0.379. The first kappa shape index (κ1) is 15.2. The molecule has 24 heavy (non-hydrogen) atoms. The standard InChI is InChI=1S/C18H18N2O3S/c21-18(16-10-8-13-7-9-15(13)12-16)19-24(22,23)20-11-3-5-14-4-1-2-6-17(14)20/h1-2,4,6,8,10,12H,3,5,7,9,11H2,(H,19,21). The van der Waals surface area contributed by atoms with Gasteiger partial charge in [-0.2, -0.15) is 8.42 Å². The number of para-hydroxylation sites is 1. The van der Waals surface area contributed by atoms with Gasteiger partial charge in [-0.1, -0.05) is 24.3 Å². The highest BCUT2D eigenvalue weighted by Crippen LogP contribution is 2.29. The van der Waals surface area contributed by atoms with Gasteiger partial charge in [0.15, 0.2) is 0 Å². The van der Waals surface area contributed by atoms with Crippen LogP contribution < -0.4 is 9.03 Å². The van der Waals surface area contributed by atoms with Crippen LogP contribution in [0.5, 0.6) is 0 Å². The first-order valence-corrected chi connectivity index (χ1v) is 9.53. The van der Waals surface area contributed by atoms with Crippen LogP contribution in [-0.4, -0.2) is 20.9 Å². The smallest absolute Gasteiger partial charge is 0.268 e. The lowest BCUT2D eigenvalue weighted by Crippen LogP contribution is -2.45. The Labute approximate surface area is 141 Å². The van der Waals surface area contributed by atoms with Crippen LogP contribution in [0.25, 0.3) is 0 Å². The van der Waals surface area contributed by atoms with Crippen LogP contribution in [0.4, 0.5) is 5.69 Å². The van der Waals surface area contributed by atoms with Crippen LogP contribution in [0.2, 0.25) is 0 Å². The third-order valence-corrected chi connectivity index (χ3v) is 6.11. The van der Waals surface area contributed by atoms with Gasteiger partial charge in [0.1, 0.15) is 0 Å². The number of hydrogen-bond acceptors (Lipinski definition) is 3. The summed E-state index contributed by atoms with van der Waals surface area (Å²) < 4.78 is 28.9. The second-order valence-electron chi connectivity index (χ2n) is 6.22. The molecule has 1 aliphatic heterocycles. The Morgan fingerprint density at radius 1 is 0.958 bits per heavy atom. The van der Waals surface area contributed by atoms with E-state index in [0.717, 1.165) is 36.8 Å². The molecule has 2 aromatic rings. The van der Waals surface area contributed by atoms with Gasteiger partial charge in [-0.15, -0.1) is 0 Å². The predicted octanol–water partition coefficient (Wildman–Crippen LogP) is 2.21. The zero-order valence-electron chi connectivity index (χ0n) is 13.2. The highest BCUT2D eigenvalue weighted by Gasteiger charge is 2.29. The van der Waals surface area contributed by atoms with Crippen molar-refractivity contribution < 1.29 is 13.2 Å². The van der Waals surface area contributed by atoms with Crippen molar-refractivity contribution in [1.29, 1.82) is 0 Å². The minimum Gasteiger partial charge on any atom is -0.268 e. The molecule has 2 aromatic carbocycles. The molecule has 1 aliphatic carbocycles. The molecule has 124 valence electrons. The molecule has 0 saturated carbocycles. The van der Waals surface area contributed by atoms with Gasteiger partial charge >= 0.3 is 10.2 Å². The lowest BCUT2D eigenvalue weighted by atomic mass is 9.87. The molecular weight excluding hydrogens is 324 g/mol. The monoisotopic (exact) mass is 342 g/mol. The van der Waals surface area contributed by atoms with E-state index in [1.165, 1.54) is 9.87 Å². The summed E-state index contributed by atoms with van der Waals surface area (Å²) in [5.74, 6) is -0.576. The number of carbonyl (C=O) groups excluding carboxylic acids is 1. The fourth-order valence-corrected chi connectivity index (χ4v) is 4.59. The number of rotatable bonds is 3. The first-order valence-electron chi connectivity index (χ1n) is 8.09. The third kappa shape index (κ3) is 2.57. The minimum atomic E-state index is -3.92. The Kier molecular flexibility index (Phi) is 3.57. The molecule has 1 heterocycles. The number of anilines is 1. The molecule has 4 rings (SSSR count).